The molecule has 0 aliphatic carbocycles. The SMILES string of the molecule is CS(=O)(=O)c1cccc(N)c1.CS(=O)(=O)c1cccc(Nc2cc(-c3ccccc3OCc3ccccc3)ncn2)c1.Clc1cc(-c2ccccc2OCc2ccccc2)ncn1.Clc1cc(-c2ccccc2OCc2ccccc2)ncn1.Clc1cc(Cl)ncn1.OB(O)c1ccccc1OCc1ccccc1. The molecule has 0 radical (unpaired) electrons. The van der Waals surface area contributed by atoms with E-state index >= 15 is 0 Å². The van der Waals surface area contributed by atoms with Crippen LogP contribution in [0.15, 0.2) is 326 Å². The zero-order valence-electron chi connectivity index (χ0n) is 58.6. The van der Waals surface area contributed by atoms with Gasteiger partial charge in [-0.05, 0) is 101 Å². The molecular weight excluding hydrogens is 1500 g/mol. The molecule has 0 saturated heterocycles. The molecule has 14 aromatic rings. The van der Waals surface area contributed by atoms with E-state index in [1.54, 1.807) is 78.9 Å². The molecule has 10 aromatic carbocycles. The van der Waals surface area contributed by atoms with Gasteiger partial charge in [0.05, 0.1) is 26.9 Å². The van der Waals surface area contributed by atoms with E-state index in [0.717, 1.165) is 73.8 Å². The Bertz CT molecular complexity index is 5270. The molecule has 4 aromatic heterocycles. The van der Waals surface area contributed by atoms with Crippen molar-refractivity contribution in [3.63, 3.8) is 0 Å². The molecule has 0 spiro atoms. The van der Waals surface area contributed by atoms with Gasteiger partial charge in [0.15, 0.2) is 19.7 Å². The van der Waals surface area contributed by atoms with E-state index in [-0.39, 0.29) is 9.79 Å². The molecule has 552 valence electrons. The molecule has 0 aliphatic rings. The highest BCUT2D eigenvalue weighted by atomic mass is 35.5. The first kappa shape index (κ1) is 81.4. The van der Waals surface area contributed by atoms with Crippen molar-refractivity contribution < 1.29 is 45.8 Å². The highest BCUT2D eigenvalue weighted by Gasteiger charge is 2.17. The van der Waals surface area contributed by atoms with Crippen LogP contribution in [0.4, 0.5) is 17.2 Å². The standard InChI is InChI=1S/C24H21N3O3S.2C17H13ClN2O.C13H13BO3.C7H9NO2S.C4H2Cl2N2/c1-31(28,29)20-11-7-10-19(14-20)27-24-15-22(25-17-26-24)21-12-5-6-13-23(21)30-16-18-8-3-2-4-9-18;2*18-17-10-15(19-12-20-17)14-8-4-5-9-16(14)21-11-13-6-2-1-3-7-13;15-14(16)12-8-4-5-9-13(12)17-10-11-6-2-1-3-7-11;1-11(9,10)7-4-2-3-6(8)5-7;5-3-1-4(6)8-2-7-3/h2-15,17H,16H2,1H3,(H,25,26,27);2*1-10,12H,11H2;1-9,15-16H,10H2;2-5H,8H2,1H3;1-2H. The van der Waals surface area contributed by atoms with Gasteiger partial charge in [0.2, 0.25) is 0 Å². The number of rotatable bonds is 20. The maximum absolute atomic E-state index is 11.8. The third kappa shape index (κ3) is 27.6. The highest BCUT2D eigenvalue weighted by Crippen LogP contribution is 2.33. The number of nitrogens with two attached hydrogens (primary N) is 1. The number of sulfone groups is 2. The third-order valence-electron chi connectivity index (χ3n) is 15.0. The molecule has 20 nitrogen and oxygen atoms in total. The van der Waals surface area contributed by atoms with E-state index in [4.69, 9.17) is 71.1 Å². The lowest BCUT2D eigenvalue weighted by Gasteiger charge is -2.12. The number of nitrogens with zero attached hydrogens (tertiary/aromatic N) is 8. The average Bonchev–Trinajstić information content (AvgIpc) is 0.834. The topological polar surface area (TPSA) is 287 Å². The predicted octanol–water partition coefficient (Wildman–Crippen LogP) is 17.0. The Kier molecular flexibility index (Phi) is 31.4. The van der Waals surface area contributed by atoms with E-state index < -0.39 is 26.8 Å². The molecule has 0 amide bonds. The summed E-state index contributed by atoms with van der Waals surface area (Å²) in [6.45, 7) is 1.88. The van der Waals surface area contributed by atoms with E-state index in [2.05, 4.69) is 45.2 Å². The summed E-state index contributed by atoms with van der Waals surface area (Å²) in [4.78, 5) is 32.7. The van der Waals surface area contributed by atoms with E-state index in [1.165, 1.54) is 49.8 Å². The van der Waals surface area contributed by atoms with Gasteiger partial charge in [-0.25, -0.2) is 56.7 Å². The quantitative estimate of drug-likeness (QED) is 0.0313. The van der Waals surface area contributed by atoms with Crippen molar-refractivity contribution in [3.05, 3.63) is 359 Å². The van der Waals surface area contributed by atoms with E-state index in [0.29, 0.717) is 81.1 Å². The van der Waals surface area contributed by atoms with Crippen LogP contribution in [0.5, 0.6) is 23.0 Å². The second-order valence-electron chi connectivity index (χ2n) is 23.2. The van der Waals surface area contributed by atoms with Crippen molar-refractivity contribution >= 4 is 95.9 Å². The number of hydrogen-bond acceptors (Lipinski definition) is 20. The molecule has 0 aliphatic heterocycles. The summed E-state index contributed by atoms with van der Waals surface area (Å²) in [5, 5.41) is 23.1. The lowest BCUT2D eigenvalue weighted by molar-refractivity contribution is 0.306. The van der Waals surface area contributed by atoms with Crippen molar-refractivity contribution in [2.24, 2.45) is 0 Å². The number of anilines is 3. The highest BCUT2D eigenvalue weighted by molar-refractivity contribution is 7.91. The van der Waals surface area contributed by atoms with Crippen molar-refractivity contribution in [2.75, 3.05) is 23.6 Å². The van der Waals surface area contributed by atoms with Crippen LogP contribution in [0.25, 0.3) is 33.8 Å². The first-order chi connectivity index (χ1) is 52.7. The molecule has 0 fully saturated rings. The van der Waals surface area contributed by atoms with Crippen LogP contribution >= 0.6 is 46.4 Å². The van der Waals surface area contributed by atoms with Crippen LogP contribution in [0, 0.1) is 0 Å². The molecule has 27 heteroatoms. The Labute approximate surface area is 652 Å². The maximum Gasteiger partial charge on any atom is 0.492 e. The molecule has 0 bridgehead atoms. The van der Waals surface area contributed by atoms with E-state index in [9.17, 15) is 26.9 Å². The summed E-state index contributed by atoms with van der Waals surface area (Å²) in [5.41, 5.74) is 16.0. The number of para-hydroxylation sites is 4. The summed E-state index contributed by atoms with van der Waals surface area (Å²) >= 11 is 22.7. The molecule has 109 heavy (non-hydrogen) atoms. The predicted molar refractivity (Wildman–Crippen MR) is 431 cm³/mol. The van der Waals surface area contributed by atoms with Crippen molar-refractivity contribution in [3.8, 4) is 56.8 Å². The second kappa shape index (κ2) is 42.1. The van der Waals surface area contributed by atoms with Gasteiger partial charge in [0.25, 0.3) is 0 Å². The Morgan fingerprint density at radius 2 is 0.670 bits per heavy atom. The van der Waals surface area contributed by atoms with Crippen LogP contribution in [0.1, 0.15) is 22.3 Å². The molecule has 4 heterocycles. The molecule has 5 N–H and O–H groups in total. The van der Waals surface area contributed by atoms with Crippen molar-refractivity contribution in [1.29, 1.82) is 0 Å². The Hall–Kier alpha value is -11.6. The van der Waals surface area contributed by atoms with Crippen LogP contribution in [-0.4, -0.2) is 86.4 Å². The summed E-state index contributed by atoms with van der Waals surface area (Å²) in [5.74, 6) is 3.31. The summed E-state index contributed by atoms with van der Waals surface area (Å²) in [6.07, 6.45) is 8.01. The van der Waals surface area contributed by atoms with E-state index in [1.807, 2.05) is 194 Å². The molecular formula is C82H71BCl4N10O10S2. The normalized spacial score (nSPS) is 10.5. The number of nitrogen functional groups attached to an aromatic ring is 1. The smallest absolute Gasteiger partial charge is 0.489 e. The molecule has 0 unspecified atom stereocenters. The van der Waals surface area contributed by atoms with Gasteiger partial charge < -0.3 is 40.0 Å². The van der Waals surface area contributed by atoms with Gasteiger partial charge in [0.1, 0.15) is 101 Å². The molecule has 0 saturated carbocycles. The first-order valence-electron chi connectivity index (χ1n) is 33.1. The van der Waals surface area contributed by atoms with Crippen LogP contribution in [0.3, 0.4) is 0 Å². The number of benzene rings is 10. The second-order valence-corrected chi connectivity index (χ2v) is 28.8. The number of nitrogens with one attached hydrogen (secondary N) is 1. The fourth-order valence-electron chi connectivity index (χ4n) is 9.72. The minimum atomic E-state index is -3.29. The largest absolute Gasteiger partial charge is 0.492 e. The third-order valence-corrected chi connectivity index (χ3v) is 18.0. The lowest BCUT2D eigenvalue weighted by atomic mass is 9.79. The number of halogens is 4. The summed E-state index contributed by atoms with van der Waals surface area (Å²) in [7, 11) is -7.91. The first-order valence-corrected chi connectivity index (χ1v) is 38.4. The van der Waals surface area contributed by atoms with Crippen LogP contribution in [0.2, 0.25) is 20.6 Å². The van der Waals surface area contributed by atoms with Gasteiger partial charge in [-0.1, -0.05) is 234 Å². The van der Waals surface area contributed by atoms with Crippen LogP contribution < -0.4 is 35.5 Å². The zero-order chi connectivity index (χ0) is 77.2. The van der Waals surface area contributed by atoms with Gasteiger partial charge in [0, 0.05) is 70.3 Å². The van der Waals surface area contributed by atoms with Gasteiger partial charge in [-0.15, -0.1) is 0 Å². The summed E-state index contributed by atoms with van der Waals surface area (Å²) in [6, 6.07) is 89.4. The number of hydrogen-bond donors (Lipinski definition) is 4. The van der Waals surface area contributed by atoms with Gasteiger partial charge in [-0.2, -0.15) is 0 Å². The fraction of sp³-hybridized carbons (Fsp3) is 0.0732. The van der Waals surface area contributed by atoms with Crippen molar-refractivity contribution in [1.82, 2.24) is 39.9 Å². The lowest BCUT2D eigenvalue weighted by Crippen LogP contribution is -2.31. The Balaban J connectivity index is 0.000000157. The number of ether oxygens (including phenoxy) is 4. The molecule has 14 rings (SSSR count). The van der Waals surface area contributed by atoms with Gasteiger partial charge >= 0.3 is 7.12 Å². The average molecular weight is 1570 g/mol. The molecule has 0 atom stereocenters. The monoisotopic (exact) mass is 1570 g/mol. The minimum Gasteiger partial charge on any atom is -0.489 e. The Morgan fingerprint density at radius 3 is 1.03 bits per heavy atom. The van der Waals surface area contributed by atoms with Crippen molar-refractivity contribution in [2.45, 2.75) is 36.2 Å². The summed E-state index contributed by atoms with van der Waals surface area (Å²) < 4.78 is 68.9. The minimum absolute atomic E-state index is 0.242. The van der Waals surface area contributed by atoms with Gasteiger partial charge in [-0.3, -0.25) is 0 Å². The zero-order valence-corrected chi connectivity index (χ0v) is 63.2. The maximum atomic E-state index is 11.8. The Morgan fingerprint density at radius 1 is 0.349 bits per heavy atom. The fourth-order valence-corrected chi connectivity index (χ4v) is 11.7. The van der Waals surface area contributed by atoms with Crippen LogP contribution in [-0.2, 0) is 46.1 Å². The number of aromatic nitrogens is 8.